The molecule has 0 amide bonds. The lowest BCUT2D eigenvalue weighted by Crippen LogP contribution is -2.52. The molecule has 0 atom stereocenters. The van der Waals surface area contributed by atoms with Crippen molar-refractivity contribution in [3.05, 3.63) is 53.1 Å². The van der Waals surface area contributed by atoms with E-state index in [9.17, 15) is 25.4 Å². The minimum Gasteiger partial charge on any atom is -0.505 e. The molecule has 0 bridgehead atoms. The van der Waals surface area contributed by atoms with Crippen LogP contribution < -0.4 is 30.6 Å². The van der Waals surface area contributed by atoms with E-state index in [0.717, 1.165) is 0 Å². The fraction of sp³-hybridized carbons (Fsp3) is 0.250. The summed E-state index contributed by atoms with van der Waals surface area (Å²) >= 11 is 0. The van der Waals surface area contributed by atoms with Crippen molar-refractivity contribution in [3.8, 4) is 34.5 Å². The summed E-state index contributed by atoms with van der Waals surface area (Å²) in [6.45, 7) is 5.21. The molecule has 0 heterocycles. The fourth-order valence-electron chi connectivity index (χ4n) is 3.90. The fourth-order valence-corrected chi connectivity index (χ4v) is 3.90. The molecule has 0 aliphatic heterocycles. The average molecular weight is 510 g/mol. The number of benzene rings is 3. The van der Waals surface area contributed by atoms with Gasteiger partial charge in [-0.05, 0) is 55.7 Å². The number of phenols is 3. The van der Waals surface area contributed by atoms with Crippen LogP contribution in [0.1, 0.15) is 16.7 Å². The summed E-state index contributed by atoms with van der Waals surface area (Å²) in [5.74, 6) is -0.719. The monoisotopic (exact) mass is 510 g/mol. The van der Waals surface area contributed by atoms with E-state index in [0.29, 0.717) is 16.7 Å². The smallest absolute Gasteiger partial charge is 0.481 e. The average Bonchev–Trinajstić information content (AvgIpc) is 2.86. The first-order valence-electron chi connectivity index (χ1n) is 11.3. The van der Waals surface area contributed by atoms with Crippen LogP contribution in [0.25, 0.3) is 0 Å². The van der Waals surface area contributed by atoms with Gasteiger partial charge in [-0.25, -0.2) is 0 Å². The summed E-state index contributed by atoms with van der Waals surface area (Å²) in [7, 11) is -1.06. The highest BCUT2D eigenvalue weighted by Crippen LogP contribution is 2.28. The molecule has 0 radical (unpaired) electrons. The molecular weight excluding hydrogens is 481 g/mol. The SMILES string of the molecule is COc1cc(C)cc(B(O)OB(OB(O)c2cc(C)cc(OC)c2O)c2cc(C)cc(OC)c2O)c1O. The van der Waals surface area contributed by atoms with Gasteiger partial charge >= 0.3 is 21.4 Å². The number of phenolic OH excluding ortho intramolecular Hbond substituents is 3. The van der Waals surface area contributed by atoms with Crippen molar-refractivity contribution in [2.24, 2.45) is 0 Å². The minimum atomic E-state index is -1.78. The Balaban J connectivity index is 2.07. The Labute approximate surface area is 216 Å². The van der Waals surface area contributed by atoms with E-state index >= 15 is 0 Å². The first-order chi connectivity index (χ1) is 17.5. The van der Waals surface area contributed by atoms with Gasteiger partial charge in [0, 0.05) is 16.4 Å². The van der Waals surface area contributed by atoms with Crippen molar-refractivity contribution >= 4 is 37.7 Å². The molecule has 0 fully saturated rings. The van der Waals surface area contributed by atoms with Gasteiger partial charge in [-0.2, -0.15) is 0 Å². The van der Waals surface area contributed by atoms with Crippen molar-refractivity contribution in [1.29, 1.82) is 0 Å². The maximum atomic E-state index is 10.9. The molecule has 194 valence electrons. The Morgan fingerprint density at radius 3 is 1.14 bits per heavy atom. The van der Waals surface area contributed by atoms with E-state index < -0.39 is 21.4 Å². The highest BCUT2D eigenvalue weighted by atomic mass is 16.6. The molecule has 10 nitrogen and oxygen atoms in total. The largest absolute Gasteiger partial charge is 0.505 e. The lowest BCUT2D eigenvalue weighted by atomic mass is 9.66. The maximum absolute atomic E-state index is 10.9. The Kier molecular flexibility index (Phi) is 8.87. The lowest BCUT2D eigenvalue weighted by molar-refractivity contribution is 0.345. The van der Waals surface area contributed by atoms with Crippen LogP contribution in [0.4, 0.5) is 0 Å². The summed E-state index contributed by atoms with van der Waals surface area (Å²) < 4.78 is 27.0. The second-order valence-corrected chi connectivity index (χ2v) is 8.52. The number of aromatic hydroxyl groups is 3. The number of aryl methyl sites for hydroxylation is 3. The van der Waals surface area contributed by atoms with Crippen LogP contribution in [0, 0.1) is 20.8 Å². The van der Waals surface area contributed by atoms with Gasteiger partial charge < -0.3 is 48.7 Å². The molecule has 3 aromatic carbocycles. The predicted molar refractivity (Wildman–Crippen MR) is 141 cm³/mol. The predicted octanol–water partition coefficient (Wildman–Crippen LogP) is 0.258. The van der Waals surface area contributed by atoms with Gasteiger partial charge in [-0.3, -0.25) is 0 Å². The number of hydrogen-bond donors (Lipinski definition) is 5. The number of hydrogen-bond acceptors (Lipinski definition) is 10. The summed E-state index contributed by atoms with van der Waals surface area (Å²) in [5.41, 5.74) is 1.96. The first-order valence-corrected chi connectivity index (χ1v) is 11.3. The third kappa shape index (κ3) is 6.08. The molecule has 0 aliphatic carbocycles. The summed E-state index contributed by atoms with van der Waals surface area (Å²) in [6.07, 6.45) is 0. The van der Waals surface area contributed by atoms with Gasteiger partial charge in [-0.1, -0.05) is 18.2 Å². The molecule has 3 aromatic rings. The first kappa shape index (κ1) is 28.1. The summed E-state index contributed by atoms with van der Waals surface area (Å²) in [5, 5.41) is 53.8. The van der Waals surface area contributed by atoms with Crippen LogP contribution in [0.3, 0.4) is 0 Å². The standard InChI is InChI=1S/C24H29B3O10/c1-13-7-16(22(28)19(10-13)33-4)25(31)36-27(18-9-15(3)12-21(35-6)24(18)30)37-26(32)17-8-14(2)11-20(34-5)23(17)29/h7-12,28-32H,1-6H3. The second-order valence-electron chi connectivity index (χ2n) is 8.52. The molecule has 0 aliphatic rings. The van der Waals surface area contributed by atoms with Crippen molar-refractivity contribution in [1.82, 2.24) is 0 Å². The summed E-state index contributed by atoms with van der Waals surface area (Å²) in [6, 6.07) is 9.24. The molecule has 13 heteroatoms. The van der Waals surface area contributed by atoms with Crippen LogP contribution in [-0.4, -0.2) is 68.1 Å². The quantitative estimate of drug-likeness (QED) is 0.241. The minimum absolute atomic E-state index is 0.0214. The van der Waals surface area contributed by atoms with Gasteiger partial charge in [0.25, 0.3) is 0 Å². The normalized spacial score (nSPS) is 10.7. The van der Waals surface area contributed by atoms with Crippen LogP contribution in [-0.2, 0) is 9.14 Å². The van der Waals surface area contributed by atoms with E-state index in [1.807, 2.05) is 0 Å². The lowest BCUT2D eigenvalue weighted by Gasteiger charge is -2.23. The van der Waals surface area contributed by atoms with Crippen LogP contribution in [0.2, 0.25) is 0 Å². The highest BCUT2D eigenvalue weighted by molar-refractivity contribution is 6.80. The van der Waals surface area contributed by atoms with E-state index in [4.69, 9.17) is 23.4 Å². The zero-order valence-corrected chi connectivity index (χ0v) is 21.5. The van der Waals surface area contributed by atoms with Gasteiger partial charge in [-0.15, -0.1) is 0 Å². The molecule has 0 saturated heterocycles. The van der Waals surface area contributed by atoms with Gasteiger partial charge in [0.05, 0.1) is 21.3 Å². The number of methoxy groups -OCH3 is 3. The van der Waals surface area contributed by atoms with Crippen LogP contribution in [0.15, 0.2) is 36.4 Å². The molecule has 0 saturated carbocycles. The Morgan fingerprint density at radius 1 is 0.514 bits per heavy atom. The molecule has 0 aromatic heterocycles. The topological polar surface area (TPSA) is 147 Å². The summed E-state index contributed by atoms with van der Waals surface area (Å²) in [4.78, 5) is 0. The Morgan fingerprint density at radius 2 is 0.811 bits per heavy atom. The van der Waals surface area contributed by atoms with Crippen LogP contribution in [0.5, 0.6) is 34.5 Å². The molecule has 37 heavy (non-hydrogen) atoms. The van der Waals surface area contributed by atoms with Crippen molar-refractivity contribution < 1.29 is 48.7 Å². The maximum Gasteiger partial charge on any atom is 0.481 e. The van der Waals surface area contributed by atoms with Crippen molar-refractivity contribution in [2.45, 2.75) is 20.8 Å². The number of rotatable bonds is 10. The zero-order chi connectivity index (χ0) is 27.4. The molecule has 5 N–H and O–H groups in total. The molecule has 0 spiro atoms. The van der Waals surface area contributed by atoms with E-state index in [-0.39, 0.29) is 50.9 Å². The third-order valence-electron chi connectivity index (χ3n) is 5.70. The molecule has 3 rings (SSSR count). The van der Waals surface area contributed by atoms with Crippen molar-refractivity contribution in [2.75, 3.05) is 21.3 Å². The van der Waals surface area contributed by atoms with Crippen LogP contribution >= 0.6 is 0 Å². The molecular formula is C24H29B3O10. The van der Waals surface area contributed by atoms with Crippen molar-refractivity contribution in [3.63, 3.8) is 0 Å². The van der Waals surface area contributed by atoms with E-state index in [1.54, 1.807) is 39.0 Å². The molecule has 0 unspecified atom stereocenters. The second kappa shape index (κ2) is 11.7. The Hall–Kier alpha value is -3.51. The zero-order valence-electron chi connectivity index (χ0n) is 21.5. The Bertz CT molecular complexity index is 1200. The highest BCUT2D eigenvalue weighted by Gasteiger charge is 2.38. The third-order valence-corrected chi connectivity index (χ3v) is 5.70. The number of ether oxygens (including phenoxy) is 3. The van der Waals surface area contributed by atoms with E-state index in [2.05, 4.69) is 0 Å². The van der Waals surface area contributed by atoms with E-state index in [1.165, 1.54) is 39.5 Å². The van der Waals surface area contributed by atoms with Gasteiger partial charge in [0.2, 0.25) is 0 Å². The van der Waals surface area contributed by atoms with Gasteiger partial charge in [0.1, 0.15) is 0 Å². The van der Waals surface area contributed by atoms with Gasteiger partial charge in [0.15, 0.2) is 34.5 Å².